The van der Waals surface area contributed by atoms with Gasteiger partial charge in [0.2, 0.25) is 16.0 Å². The van der Waals surface area contributed by atoms with Crippen molar-refractivity contribution in [2.24, 2.45) is 11.8 Å². The highest BCUT2D eigenvalue weighted by Gasteiger charge is 2.32. The first-order valence-corrected chi connectivity index (χ1v) is 16.0. The molecule has 0 radical (unpaired) electrons. The molecule has 1 aliphatic carbocycles. The van der Waals surface area contributed by atoms with E-state index in [0.717, 1.165) is 54.6 Å². The van der Waals surface area contributed by atoms with Gasteiger partial charge in [-0.1, -0.05) is 47.1 Å². The smallest absolute Gasteiger partial charge is 0.238 e. The zero-order valence-electron chi connectivity index (χ0n) is 20.5. The number of halogens is 3. The molecule has 1 aromatic heterocycles. The van der Waals surface area contributed by atoms with E-state index in [4.69, 9.17) is 44.8 Å². The summed E-state index contributed by atoms with van der Waals surface area (Å²) in [5.74, 6) is 2.07. The maximum absolute atomic E-state index is 12.6. The molecule has 0 amide bonds. The largest absolute Gasteiger partial charge is 0.354 e. The lowest BCUT2D eigenvalue weighted by molar-refractivity contribution is 0.284. The normalized spacial score (nSPS) is 22.1. The van der Waals surface area contributed by atoms with Crippen LogP contribution in [0.4, 0.5) is 17.5 Å². The van der Waals surface area contributed by atoms with Crippen LogP contribution < -0.4 is 15.4 Å². The van der Waals surface area contributed by atoms with Gasteiger partial charge < -0.3 is 10.6 Å². The molecule has 3 aromatic rings. The lowest BCUT2D eigenvalue weighted by Crippen LogP contribution is -2.33. The number of alkyl halides is 1. The van der Waals surface area contributed by atoms with Gasteiger partial charge in [0.25, 0.3) is 0 Å². The predicted octanol–water partition coefficient (Wildman–Crippen LogP) is 7.27. The van der Waals surface area contributed by atoms with E-state index in [1.54, 1.807) is 0 Å². The molecule has 2 aromatic carbocycles. The second kappa shape index (κ2) is 12.2. The lowest BCUT2D eigenvalue weighted by atomic mass is 9.82. The van der Waals surface area contributed by atoms with Crippen LogP contribution >= 0.6 is 46.6 Å². The monoisotopic (exact) mass is 611 g/mol. The number of allylic oxidation sites excluding steroid dienone is 1. The van der Waals surface area contributed by atoms with Gasteiger partial charge >= 0.3 is 0 Å². The second-order valence-corrected chi connectivity index (χ2v) is 14.4. The minimum Gasteiger partial charge on any atom is -0.354 e. The zero-order valence-corrected chi connectivity index (χ0v) is 24.4. The fourth-order valence-electron chi connectivity index (χ4n) is 4.77. The highest BCUT2D eigenvalue weighted by Crippen LogP contribution is 2.44. The Labute approximate surface area is 242 Å². The van der Waals surface area contributed by atoms with Crippen molar-refractivity contribution < 1.29 is 8.42 Å². The molecule has 1 atom stereocenters. The molecule has 2 heterocycles. The van der Waals surface area contributed by atoms with Crippen molar-refractivity contribution in [1.29, 1.82) is 0 Å². The summed E-state index contributed by atoms with van der Waals surface area (Å²) in [7, 11) is -3.60. The van der Waals surface area contributed by atoms with Gasteiger partial charge in [-0.25, -0.2) is 18.1 Å². The van der Waals surface area contributed by atoms with E-state index in [9.17, 15) is 8.42 Å². The Hall–Kier alpha value is -1.75. The van der Waals surface area contributed by atoms with Crippen LogP contribution in [0.2, 0.25) is 5.02 Å². The van der Waals surface area contributed by atoms with Gasteiger partial charge in [0, 0.05) is 35.6 Å². The van der Waals surface area contributed by atoms with E-state index < -0.39 is 10.0 Å². The third-order valence-corrected chi connectivity index (χ3v) is 10.8. The molecule has 0 saturated heterocycles. The average Bonchev–Trinajstić information content (AvgIpc) is 3.27. The van der Waals surface area contributed by atoms with E-state index in [2.05, 4.69) is 15.4 Å². The van der Waals surface area contributed by atoms with Crippen LogP contribution in [0.5, 0.6) is 0 Å². The van der Waals surface area contributed by atoms with Gasteiger partial charge in [0.1, 0.15) is 5.82 Å². The summed E-state index contributed by atoms with van der Waals surface area (Å²) in [5.41, 5.74) is 1.75. The zero-order chi connectivity index (χ0) is 26.7. The standard InChI is InChI=1S/C26H28Cl3N5O2S2/c27-18-9-11-19(12-10-18)32-25-20-3-1-2-4-21(20)33-26(34-25)30-14-16-5-7-17(8-6-16)15-31-38(35,36)22-13-23(28)37-24(22)29/h1-4,9-12,16-17,23,31H,5-8,13-15H2,(H2,30,32,33,34)/t16-,17-,23?. The molecule has 2 aliphatic rings. The molecule has 38 heavy (non-hydrogen) atoms. The van der Waals surface area contributed by atoms with Crippen LogP contribution in [0.15, 0.2) is 57.8 Å². The van der Waals surface area contributed by atoms with Crippen LogP contribution in [0.3, 0.4) is 0 Å². The first-order valence-electron chi connectivity index (χ1n) is 12.5. The Kier molecular flexibility index (Phi) is 8.92. The summed E-state index contributed by atoms with van der Waals surface area (Å²) in [5, 5.41) is 8.43. The van der Waals surface area contributed by atoms with Crippen LogP contribution in [-0.2, 0) is 10.0 Å². The molecule has 3 N–H and O–H groups in total. The van der Waals surface area contributed by atoms with E-state index in [1.165, 1.54) is 11.8 Å². The summed E-state index contributed by atoms with van der Waals surface area (Å²) in [6, 6.07) is 15.4. The molecule has 1 saturated carbocycles. The molecule has 1 aliphatic heterocycles. The van der Waals surface area contributed by atoms with E-state index in [0.29, 0.717) is 29.4 Å². The summed E-state index contributed by atoms with van der Waals surface area (Å²) < 4.78 is 28.0. The molecule has 1 unspecified atom stereocenters. The van der Waals surface area contributed by atoms with Gasteiger partial charge in [-0.05, 0) is 73.9 Å². The first-order chi connectivity index (χ1) is 18.3. The van der Waals surface area contributed by atoms with Gasteiger partial charge in [-0.3, -0.25) is 0 Å². The van der Waals surface area contributed by atoms with E-state index in [1.807, 2.05) is 48.5 Å². The Morgan fingerprint density at radius 2 is 1.61 bits per heavy atom. The number of aromatic nitrogens is 2. The molecule has 0 spiro atoms. The van der Waals surface area contributed by atoms with Crippen LogP contribution in [-0.4, -0.2) is 36.2 Å². The molecule has 1 fully saturated rings. The number of rotatable bonds is 9. The van der Waals surface area contributed by atoms with Crippen molar-refractivity contribution in [2.45, 2.75) is 36.8 Å². The summed E-state index contributed by atoms with van der Waals surface area (Å²) in [4.78, 5) is 9.68. The molecular weight excluding hydrogens is 585 g/mol. The minimum absolute atomic E-state index is 0.211. The summed E-state index contributed by atoms with van der Waals surface area (Å²) >= 11 is 19.3. The van der Waals surface area contributed by atoms with Crippen molar-refractivity contribution in [3.63, 3.8) is 0 Å². The maximum atomic E-state index is 12.6. The van der Waals surface area contributed by atoms with E-state index in [-0.39, 0.29) is 20.4 Å². The summed E-state index contributed by atoms with van der Waals surface area (Å²) in [6.45, 7) is 1.18. The van der Waals surface area contributed by atoms with E-state index >= 15 is 0 Å². The predicted molar refractivity (Wildman–Crippen MR) is 160 cm³/mol. The molecule has 7 nitrogen and oxygen atoms in total. The SMILES string of the molecule is O=S(=O)(NC[C@H]1CC[C@H](CNc2nc(Nc3ccc(Cl)cc3)c3ccccc3n2)CC1)C1=C(Cl)SC(Cl)C1. The number of benzene rings is 2. The average molecular weight is 613 g/mol. The van der Waals surface area contributed by atoms with Gasteiger partial charge in [-0.2, -0.15) is 4.98 Å². The number of nitrogens with one attached hydrogen (secondary N) is 3. The summed E-state index contributed by atoms with van der Waals surface area (Å²) in [6.07, 6.45) is 4.18. The number of fused-ring (bicyclic) bond motifs is 1. The Balaban J connectivity index is 1.16. The fourth-order valence-corrected chi connectivity index (χ4v) is 8.75. The highest BCUT2D eigenvalue weighted by atomic mass is 35.5. The fraction of sp³-hybridized carbons (Fsp3) is 0.385. The lowest BCUT2D eigenvalue weighted by Gasteiger charge is -2.28. The maximum Gasteiger partial charge on any atom is 0.238 e. The number of sulfonamides is 1. The van der Waals surface area contributed by atoms with Gasteiger partial charge in [0.15, 0.2) is 0 Å². The molecule has 5 rings (SSSR count). The Bertz CT molecular complexity index is 1430. The molecule has 0 bridgehead atoms. The Morgan fingerprint density at radius 3 is 2.29 bits per heavy atom. The number of para-hydroxylation sites is 1. The quantitative estimate of drug-likeness (QED) is 0.219. The third-order valence-electron chi connectivity index (χ3n) is 6.91. The number of hydrogen-bond donors (Lipinski definition) is 3. The van der Waals surface area contributed by atoms with Crippen molar-refractivity contribution >= 4 is 84.9 Å². The topological polar surface area (TPSA) is 96.0 Å². The van der Waals surface area contributed by atoms with Crippen molar-refractivity contribution in [2.75, 3.05) is 23.7 Å². The van der Waals surface area contributed by atoms with Gasteiger partial charge in [0.05, 0.1) is 19.5 Å². The van der Waals surface area contributed by atoms with Crippen molar-refractivity contribution in [3.8, 4) is 0 Å². The number of thioether (sulfide) groups is 1. The van der Waals surface area contributed by atoms with Crippen LogP contribution in [0, 0.1) is 11.8 Å². The van der Waals surface area contributed by atoms with Crippen molar-refractivity contribution in [3.05, 3.63) is 62.8 Å². The third kappa shape index (κ3) is 6.87. The minimum atomic E-state index is -3.60. The van der Waals surface area contributed by atoms with Gasteiger partial charge in [-0.15, -0.1) is 11.6 Å². The molecule has 202 valence electrons. The number of nitrogens with zero attached hydrogens (tertiary/aromatic N) is 2. The molecular formula is C26H28Cl3N5O2S2. The number of hydrogen-bond acceptors (Lipinski definition) is 7. The number of anilines is 3. The molecule has 12 heteroatoms. The van der Waals surface area contributed by atoms with Crippen LogP contribution in [0.1, 0.15) is 32.1 Å². The van der Waals surface area contributed by atoms with Crippen molar-refractivity contribution in [1.82, 2.24) is 14.7 Å². The Morgan fingerprint density at radius 1 is 0.921 bits per heavy atom. The first kappa shape index (κ1) is 27.8. The highest BCUT2D eigenvalue weighted by molar-refractivity contribution is 8.07. The second-order valence-electron chi connectivity index (χ2n) is 9.59. The van der Waals surface area contributed by atoms with Crippen LogP contribution in [0.25, 0.3) is 10.9 Å².